The van der Waals surface area contributed by atoms with Gasteiger partial charge >= 0.3 is 0 Å². The highest BCUT2D eigenvalue weighted by Gasteiger charge is 2.38. The Bertz CT molecular complexity index is 2060. The Morgan fingerprint density at radius 1 is 0.887 bits per heavy atom. The molecule has 1 fully saturated rings. The predicted molar refractivity (Wildman–Crippen MR) is 212 cm³/mol. The lowest BCUT2D eigenvalue weighted by molar-refractivity contribution is -0.138. The minimum atomic E-state index is -0.546. The highest BCUT2D eigenvalue weighted by molar-refractivity contribution is 9.10. The standard InChI is InChI=1S/C43H45BrN4O5/c1-4-23-47(38(50)25-29-12-7-5-8-13-29)27-37(49)45-32-19-17-31(18-20-32)41-40(44)34-26-33(21-22-36(34)53-41)46-42(51)35-16-11-24-48(35)43(52)39(28(2)3)30-14-9-6-10-15-30/h5-10,12-15,17-22,26,28,35,39H,4,11,16,23-25,27H2,1-3H3,(H,45,49)(H,46,51)/t35-,39?/m0/s1. The molecule has 274 valence electrons. The van der Waals surface area contributed by atoms with E-state index in [1.807, 2.05) is 106 Å². The van der Waals surface area contributed by atoms with E-state index in [4.69, 9.17) is 4.42 Å². The summed E-state index contributed by atoms with van der Waals surface area (Å²) >= 11 is 3.71. The zero-order valence-corrected chi connectivity index (χ0v) is 31.9. The molecule has 0 radical (unpaired) electrons. The van der Waals surface area contributed by atoms with Gasteiger partial charge in [-0.05, 0) is 94.7 Å². The normalized spacial score (nSPS) is 14.7. The molecule has 1 unspecified atom stereocenters. The molecule has 0 bridgehead atoms. The highest BCUT2D eigenvalue weighted by Crippen LogP contribution is 2.39. The van der Waals surface area contributed by atoms with Gasteiger partial charge in [0, 0.05) is 35.4 Å². The average molecular weight is 778 g/mol. The summed E-state index contributed by atoms with van der Waals surface area (Å²) in [6.07, 6.45) is 2.38. The first-order valence-corrected chi connectivity index (χ1v) is 19.0. The molecule has 1 aliphatic rings. The zero-order chi connectivity index (χ0) is 37.5. The maximum absolute atomic E-state index is 13.8. The number of anilines is 2. The molecule has 0 spiro atoms. The number of nitrogens with zero attached hydrogens (tertiary/aromatic N) is 2. The van der Waals surface area contributed by atoms with E-state index in [-0.39, 0.29) is 48.4 Å². The second-order valence-electron chi connectivity index (χ2n) is 13.9. The fourth-order valence-electron chi connectivity index (χ4n) is 7.03. The number of likely N-dealkylation sites (tertiary alicyclic amines) is 1. The number of furan rings is 1. The van der Waals surface area contributed by atoms with Crippen molar-refractivity contribution in [2.24, 2.45) is 5.92 Å². The van der Waals surface area contributed by atoms with Crippen LogP contribution >= 0.6 is 15.9 Å². The maximum atomic E-state index is 13.8. The van der Waals surface area contributed by atoms with Crippen LogP contribution in [0.5, 0.6) is 0 Å². The van der Waals surface area contributed by atoms with Crippen LogP contribution in [0.2, 0.25) is 0 Å². The van der Waals surface area contributed by atoms with Gasteiger partial charge in [-0.1, -0.05) is 81.4 Å². The SMILES string of the molecule is CCCN(CC(=O)Nc1ccc(-c2oc3ccc(NC(=O)[C@@H]4CCCN4C(=O)C(c4ccccc4)C(C)C)cc3c2Br)cc1)C(=O)Cc1ccccc1. The molecule has 53 heavy (non-hydrogen) atoms. The molecule has 1 aromatic heterocycles. The molecule has 10 heteroatoms. The van der Waals surface area contributed by atoms with Crippen molar-refractivity contribution in [1.29, 1.82) is 0 Å². The topological polar surface area (TPSA) is 112 Å². The van der Waals surface area contributed by atoms with Gasteiger partial charge in [0.1, 0.15) is 17.4 Å². The number of fused-ring (bicyclic) bond motifs is 1. The summed E-state index contributed by atoms with van der Waals surface area (Å²) in [6, 6.07) is 31.5. The number of amides is 4. The lowest BCUT2D eigenvalue weighted by Crippen LogP contribution is -2.46. The molecule has 1 aliphatic heterocycles. The smallest absolute Gasteiger partial charge is 0.247 e. The Labute approximate surface area is 318 Å². The van der Waals surface area contributed by atoms with E-state index in [0.717, 1.165) is 39.4 Å². The van der Waals surface area contributed by atoms with Gasteiger partial charge in [0.15, 0.2) is 0 Å². The number of nitrogens with one attached hydrogen (secondary N) is 2. The lowest BCUT2D eigenvalue weighted by Gasteiger charge is -2.30. The number of benzene rings is 4. The van der Waals surface area contributed by atoms with Gasteiger partial charge in [-0.25, -0.2) is 0 Å². The van der Waals surface area contributed by atoms with Crippen molar-refractivity contribution in [3.63, 3.8) is 0 Å². The van der Waals surface area contributed by atoms with Crippen molar-refractivity contribution in [2.45, 2.75) is 58.4 Å². The number of carbonyl (C=O) groups is 4. The fraction of sp³-hybridized carbons (Fsp3) is 0.302. The van der Waals surface area contributed by atoms with Crippen molar-refractivity contribution >= 4 is 61.9 Å². The van der Waals surface area contributed by atoms with Gasteiger partial charge in [0.05, 0.1) is 23.4 Å². The number of hydrogen-bond donors (Lipinski definition) is 2. The molecule has 4 aromatic carbocycles. The molecule has 9 nitrogen and oxygen atoms in total. The number of carbonyl (C=O) groups excluding carboxylic acids is 4. The van der Waals surface area contributed by atoms with Crippen molar-refractivity contribution in [2.75, 3.05) is 30.3 Å². The molecule has 0 aliphatic carbocycles. The second kappa shape index (κ2) is 17.1. The first kappa shape index (κ1) is 37.5. The Morgan fingerprint density at radius 2 is 1.57 bits per heavy atom. The highest BCUT2D eigenvalue weighted by atomic mass is 79.9. The van der Waals surface area contributed by atoms with Crippen LogP contribution in [0.15, 0.2) is 112 Å². The Hall–Kier alpha value is -5.22. The quantitative estimate of drug-likeness (QED) is 0.124. The third kappa shape index (κ3) is 8.88. The van der Waals surface area contributed by atoms with E-state index in [2.05, 4.69) is 26.6 Å². The van der Waals surface area contributed by atoms with Crippen LogP contribution in [-0.4, -0.2) is 59.1 Å². The van der Waals surface area contributed by atoms with Crippen LogP contribution in [0, 0.1) is 5.92 Å². The maximum Gasteiger partial charge on any atom is 0.247 e. The molecule has 6 rings (SSSR count). The van der Waals surface area contributed by atoms with Crippen LogP contribution < -0.4 is 10.6 Å². The summed E-state index contributed by atoms with van der Waals surface area (Å²) in [4.78, 5) is 56.7. The lowest BCUT2D eigenvalue weighted by atomic mass is 9.87. The monoisotopic (exact) mass is 776 g/mol. The van der Waals surface area contributed by atoms with Crippen LogP contribution in [-0.2, 0) is 25.6 Å². The van der Waals surface area contributed by atoms with Gasteiger partial charge in [-0.3, -0.25) is 19.2 Å². The van der Waals surface area contributed by atoms with E-state index in [9.17, 15) is 19.2 Å². The van der Waals surface area contributed by atoms with Crippen LogP contribution in [0.4, 0.5) is 11.4 Å². The number of rotatable bonds is 13. The average Bonchev–Trinajstić information content (AvgIpc) is 3.78. The van der Waals surface area contributed by atoms with Gasteiger partial charge in [0.25, 0.3) is 0 Å². The Kier molecular flexibility index (Phi) is 12.1. The van der Waals surface area contributed by atoms with E-state index in [1.54, 1.807) is 28.0 Å². The second-order valence-corrected chi connectivity index (χ2v) is 14.7. The third-order valence-corrected chi connectivity index (χ3v) is 10.4. The van der Waals surface area contributed by atoms with Crippen molar-refractivity contribution < 1.29 is 23.6 Å². The minimum Gasteiger partial charge on any atom is -0.455 e. The van der Waals surface area contributed by atoms with Crippen LogP contribution in [0.3, 0.4) is 0 Å². The summed E-state index contributed by atoms with van der Waals surface area (Å²) < 4.78 is 6.95. The van der Waals surface area contributed by atoms with Gasteiger partial charge in [-0.15, -0.1) is 0 Å². The van der Waals surface area contributed by atoms with E-state index in [1.165, 1.54) is 0 Å². The molecule has 2 atom stereocenters. The molecule has 4 amide bonds. The van der Waals surface area contributed by atoms with Crippen LogP contribution in [0.25, 0.3) is 22.3 Å². The number of hydrogen-bond acceptors (Lipinski definition) is 5. The largest absolute Gasteiger partial charge is 0.455 e. The molecule has 5 aromatic rings. The summed E-state index contributed by atoms with van der Waals surface area (Å²) in [6.45, 7) is 7.08. The summed E-state index contributed by atoms with van der Waals surface area (Å²) in [7, 11) is 0. The van der Waals surface area contributed by atoms with E-state index in [0.29, 0.717) is 42.2 Å². The number of halogens is 1. The third-order valence-electron chi connectivity index (χ3n) is 9.63. The van der Waals surface area contributed by atoms with E-state index >= 15 is 0 Å². The Balaban J connectivity index is 1.10. The van der Waals surface area contributed by atoms with Crippen molar-refractivity contribution in [3.8, 4) is 11.3 Å². The zero-order valence-electron chi connectivity index (χ0n) is 30.3. The molecule has 2 N–H and O–H groups in total. The van der Waals surface area contributed by atoms with Gasteiger partial charge < -0.3 is 24.9 Å². The van der Waals surface area contributed by atoms with Gasteiger partial charge in [-0.2, -0.15) is 0 Å². The fourth-order valence-corrected chi connectivity index (χ4v) is 7.65. The summed E-state index contributed by atoms with van der Waals surface area (Å²) in [5.41, 5.74) is 4.52. The first-order valence-electron chi connectivity index (χ1n) is 18.2. The molecule has 0 saturated carbocycles. The van der Waals surface area contributed by atoms with E-state index < -0.39 is 6.04 Å². The summed E-state index contributed by atoms with van der Waals surface area (Å²) in [5.74, 6) is -0.203. The van der Waals surface area contributed by atoms with Crippen molar-refractivity contribution in [1.82, 2.24) is 9.80 Å². The predicted octanol–water partition coefficient (Wildman–Crippen LogP) is 8.65. The van der Waals surface area contributed by atoms with Crippen LogP contribution in [0.1, 0.15) is 57.1 Å². The molecular weight excluding hydrogens is 732 g/mol. The first-order chi connectivity index (χ1) is 25.6. The minimum absolute atomic E-state index is 0.0143. The molecule has 2 heterocycles. The summed E-state index contributed by atoms with van der Waals surface area (Å²) in [5, 5.41) is 6.75. The van der Waals surface area contributed by atoms with Gasteiger partial charge in [0.2, 0.25) is 23.6 Å². The molecule has 1 saturated heterocycles. The molecular formula is C43H45BrN4O5. The Morgan fingerprint density at radius 3 is 2.25 bits per heavy atom. The van der Waals surface area contributed by atoms with Crippen molar-refractivity contribution in [3.05, 3.63) is 119 Å².